The van der Waals surface area contributed by atoms with E-state index in [4.69, 9.17) is 14.6 Å². The summed E-state index contributed by atoms with van der Waals surface area (Å²) in [6.45, 7) is 1.25. The molecule has 23 heavy (non-hydrogen) atoms. The van der Waals surface area contributed by atoms with E-state index in [9.17, 15) is 9.59 Å². The number of carbonyl (C=O) groups excluding carboxylic acids is 1. The SMILES string of the molecule is C[C@@H](Oc1ccccc1)C(=O)Nc1ccc(OCC(=O)O)cc1. The number of carboxylic acid groups (broad SMARTS) is 1. The molecule has 2 aromatic carbocycles. The van der Waals surface area contributed by atoms with Crippen molar-refractivity contribution in [3.8, 4) is 11.5 Å². The molecule has 0 radical (unpaired) electrons. The Morgan fingerprint density at radius 1 is 1.04 bits per heavy atom. The zero-order valence-corrected chi connectivity index (χ0v) is 12.6. The molecule has 0 saturated carbocycles. The summed E-state index contributed by atoms with van der Waals surface area (Å²) in [6, 6.07) is 15.5. The Bertz CT molecular complexity index is 654. The number of ether oxygens (including phenoxy) is 2. The molecule has 1 atom stereocenters. The molecule has 2 N–H and O–H groups in total. The molecular formula is C17H17NO5. The van der Waals surface area contributed by atoms with Crippen LogP contribution < -0.4 is 14.8 Å². The highest BCUT2D eigenvalue weighted by atomic mass is 16.5. The average molecular weight is 315 g/mol. The maximum Gasteiger partial charge on any atom is 0.341 e. The van der Waals surface area contributed by atoms with E-state index in [-0.39, 0.29) is 5.91 Å². The first kappa shape index (κ1) is 16.4. The molecule has 0 aromatic heterocycles. The second-order valence-electron chi connectivity index (χ2n) is 4.77. The number of hydrogen-bond donors (Lipinski definition) is 2. The molecule has 0 aliphatic heterocycles. The van der Waals surface area contributed by atoms with Gasteiger partial charge in [-0.2, -0.15) is 0 Å². The van der Waals surface area contributed by atoms with Crippen LogP contribution in [-0.4, -0.2) is 29.7 Å². The molecule has 6 nitrogen and oxygen atoms in total. The van der Waals surface area contributed by atoms with Gasteiger partial charge in [0.15, 0.2) is 12.7 Å². The van der Waals surface area contributed by atoms with E-state index in [1.807, 2.05) is 18.2 Å². The highest BCUT2D eigenvalue weighted by molar-refractivity contribution is 5.94. The molecule has 0 saturated heterocycles. The minimum absolute atomic E-state index is 0.284. The molecular weight excluding hydrogens is 298 g/mol. The van der Waals surface area contributed by atoms with Crippen LogP contribution in [0, 0.1) is 0 Å². The number of hydrogen-bond acceptors (Lipinski definition) is 4. The lowest BCUT2D eigenvalue weighted by Crippen LogP contribution is -2.30. The van der Waals surface area contributed by atoms with Gasteiger partial charge in [-0.05, 0) is 43.3 Å². The van der Waals surface area contributed by atoms with Gasteiger partial charge in [0.2, 0.25) is 0 Å². The summed E-state index contributed by atoms with van der Waals surface area (Å²) < 4.78 is 10.6. The third kappa shape index (κ3) is 5.35. The Labute approximate surface area is 133 Å². The second kappa shape index (κ2) is 7.84. The molecule has 6 heteroatoms. The predicted octanol–water partition coefficient (Wildman–Crippen LogP) is 2.56. The Balaban J connectivity index is 1.88. The second-order valence-corrected chi connectivity index (χ2v) is 4.77. The fraction of sp³-hybridized carbons (Fsp3) is 0.176. The van der Waals surface area contributed by atoms with Crippen molar-refractivity contribution in [1.29, 1.82) is 0 Å². The number of rotatable bonds is 7. The van der Waals surface area contributed by atoms with Crippen molar-refractivity contribution in [1.82, 2.24) is 0 Å². The highest BCUT2D eigenvalue weighted by Gasteiger charge is 2.14. The summed E-state index contributed by atoms with van der Waals surface area (Å²) in [5, 5.41) is 11.3. The summed E-state index contributed by atoms with van der Waals surface area (Å²) in [6.07, 6.45) is -0.652. The van der Waals surface area contributed by atoms with Gasteiger partial charge in [0.25, 0.3) is 5.91 Å². The number of benzene rings is 2. The summed E-state index contributed by atoms with van der Waals surface area (Å²) in [5.41, 5.74) is 0.571. The van der Waals surface area contributed by atoms with Crippen LogP contribution in [-0.2, 0) is 9.59 Å². The van der Waals surface area contributed by atoms with Gasteiger partial charge >= 0.3 is 5.97 Å². The monoisotopic (exact) mass is 315 g/mol. The van der Waals surface area contributed by atoms with E-state index in [0.717, 1.165) is 0 Å². The topological polar surface area (TPSA) is 84.9 Å². The van der Waals surface area contributed by atoms with Gasteiger partial charge in [0.05, 0.1) is 0 Å². The van der Waals surface area contributed by atoms with Gasteiger partial charge in [-0.1, -0.05) is 18.2 Å². The Hall–Kier alpha value is -3.02. The lowest BCUT2D eigenvalue weighted by Gasteiger charge is -2.14. The smallest absolute Gasteiger partial charge is 0.341 e. The summed E-state index contributed by atoms with van der Waals surface area (Å²) >= 11 is 0. The zero-order chi connectivity index (χ0) is 16.7. The van der Waals surface area contributed by atoms with Crippen LogP contribution in [0.15, 0.2) is 54.6 Å². The largest absolute Gasteiger partial charge is 0.482 e. The number of nitrogens with one attached hydrogen (secondary N) is 1. The summed E-state index contributed by atoms with van der Waals surface area (Å²) in [7, 11) is 0. The number of para-hydroxylation sites is 1. The molecule has 0 spiro atoms. The van der Waals surface area contributed by atoms with E-state index in [0.29, 0.717) is 17.2 Å². The minimum atomic E-state index is -1.05. The van der Waals surface area contributed by atoms with Crippen LogP contribution in [0.3, 0.4) is 0 Å². The summed E-state index contributed by atoms with van der Waals surface area (Å²) in [4.78, 5) is 22.5. The van der Waals surface area contributed by atoms with Gasteiger partial charge in [0.1, 0.15) is 11.5 Å². The van der Waals surface area contributed by atoms with Crippen LogP contribution in [0.5, 0.6) is 11.5 Å². The normalized spacial score (nSPS) is 11.3. The molecule has 120 valence electrons. The summed E-state index contributed by atoms with van der Waals surface area (Å²) in [5.74, 6) is -0.297. The van der Waals surface area contributed by atoms with Crippen LogP contribution in [0.1, 0.15) is 6.92 Å². The van der Waals surface area contributed by atoms with Crippen molar-refractivity contribution in [3.05, 3.63) is 54.6 Å². The average Bonchev–Trinajstić information content (AvgIpc) is 2.55. The standard InChI is InChI=1S/C17H17NO5/c1-12(23-15-5-3-2-4-6-15)17(21)18-13-7-9-14(10-8-13)22-11-16(19)20/h2-10,12H,11H2,1H3,(H,18,21)(H,19,20)/t12-/m1/s1. The molecule has 0 unspecified atom stereocenters. The third-order valence-electron chi connectivity index (χ3n) is 2.91. The minimum Gasteiger partial charge on any atom is -0.482 e. The van der Waals surface area contributed by atoms with E-state index in [1.54, 1.807) is 43.3 Å². The van der Waals surface area contributed by atoms with E-state index in [2.05, 4.69) is 5.32 Å². The van der Waals surface area contributed by atoms with Crippen LogP contribution in [0.4, 0.5) is 5.69 Å². The van der Waals surface area contributed by atoms with Gasteiger partial charge in [-0.3, -0.25) is 4.79 Å². The van der Waals surface area contributed by atoms with Crippen LogP contribution >= 0.6 is 0 Å². The lowest BCUT2D eigenvalue weighted by molar-refractivity contribution is -0.139. The molecule has 0 bridgehead atoms. The van der Waals surface area contributed by atoms with Crippen molar-refractivity contribution in [2.75, 3.05) is 11.9 Å². The van der Waals surface area contributed by atoms with Crippen LogP contribution in [0.25, 0.3) is 0 Å². The Morgan fingerprint density at radius 3 is 2.30 bits per heavy atom. The fourth-order valence-electron chi connectivity index (χ4n) is 1.78. The molecule has 2 aromatic rings. The lowest BCUT2D eigenvalue weighted by atomic mass is 10.2. The number of amides is 1. The quantitative estimate of drug-likeness (QED) is 0.820. The Kier molecular flexibility index (Phi) is 5.57. The zero-order valence-electron chi connectivity index (χ0n) is 12.6. The molecule has 0 aliphatic carbocycles. The van der Waals surface area contributed by atoms with Gasteiger partial charge in [0, 0.05) is 5.69 Å². The van der Waals surface area contributed by atoms with Crippen molar-refractivity contribution in [3.63, 3.8) is 0 Å². The number of carboxylic acids is 1. The third-order valence-corrected chi connectivity index (χ3v) is 2.91. The Morgan fingerprint density at radius 2 is 1.70 bits per heavy atom. The van der Waals surface area contributed by atoms with Gasteiger partial charge in [-0.15, -0.1) is 0 Å². The van der Waals surface area contributed by atoms with Crippen molar-refractivity contribution in [2.24, 2.45) is 0 Å². The molecule has 0 heterocycles. The maximum atomic E-state index is 12.1. The molecule has 2 rings (SSSR count). The van der Waals surface area contributed by atoms with E-state index >= 15 is 0 Å². The highest BCUT2D eigenvalue weighted by Crippen LogP contribution is 2.17. The van der Waals surface area contributed by atoms with Gasteiger partial charge in [-0.25, -0.2) is 4.79 Å². The predicted molar refractivity (Wildman–Crippen MR) is 84.7 cm³/mol. The molecule has 0 fully saturated rings. The number of aliphatic carboxylic acids is 1. The van der Waals surface area contributed by atoms with E-state index < -0.39 is 18.7 Å². The van der Waals surface area contributed by atoms with Gasteiger partial charge < -0.3 is 19.9 Å². The molecule has 0 aliphatic rings. The van der Waals surface area contributed by atoms with Crippen molar-refractivity contribution >= 4 is 17.6 Å². The number of anilines is 1. The van der Waals surface area contributed by atoms with Crippen LogP contribution in [0.2, 0.25) is 0 Å². The molecule has 1 amide bonds. The van der Waals surface area contributed by atoms with E-state index in [1.165, 1.54) is 0 Å². The first-order chi connectivity index (χ1) is 11.0. The first-order valence-corrected chi connectivity index (χ1v) is 7.02. The maximum absolute atomic E-state index is 12.1. The van der Waals surface area contributed by atoms with Crippen molar-refractivity contribution < 1.29 is 24.2 Å². The number of carbonyl (C=O) groups is 2. The fourth-order valence-corrected chi connectivity index (χ4v) is 1.78. The first-order valence-electron chi connectivity index (χ1n) is 7.02. The van der Waals surface area contributed by atoms with Crippen molar-refractivity contribution in [2.45, 2.75) is 13.0 Å².